The summed E-state index contributed by atoms with van der Waals surface area (Å²) in [6, 6.07) is 4.40. The van der Waals surface area contributed by atoms with Gasteiger partial charge in [0, 0.05) is 5.46 Å². The minimum Gasteiger partial charge on any atom is -0.491 e. The van der Waals surface area contributed by atoms with E-state index in [9.17, 15) is 9.50 Å². The van der Waals surface area contributed by atoms with Gasteiger partial charge in [0.1, 0.15) is 18.2 Å². The molecule has 1 aromatic rings. The van der Waals surface area contributed by atoms with E-state index >= 15 is 0 Å². The van der Waals surface area contributed by atoms with E-state index < -0.39 is 29.7 Å². The zero-order chi connectivity index (χ0) is 16.8. The maximum atomic E-state index is 14.1. The highest BCUT2D eigenvalue weighted by Crippen LogP contribution is 2.36. The topological polar surface area (TPSA) is 47.9 Å². The molecule has 1 aliphatic heterocycles. The average Bonchev–Trinajstić information content (AvgIpc) is 2.56. The molecule has 1 fully saturated rings. The Balaban J connectivity index is 2.21. The molecule has 6 heteroatoms. The third kappa shape index (κ3) is 3.62. The van der Waals surface area contributed by atoms with E-state index in [4.69, 9.17) is 14.0 Å². The molecule has 0 spiro atoms. The largest absolute Gasteiger partial charge is 0.497 e. The van der Waals surface area contributed by atoms with Gasteiger partial charge in [-0.25, -0.2) is 4.39 Å². The fraction of sp³-hybridized carbons (Fsp3) is 0.625. The molecule has 22 heavy (non-hydrogen) atoms. The third-order valence-electron chi connectivity index (χ3n) is 4.07. The van der Waals surface area contributed by atoms with Crippen LogP contribution in [0.4, 0.5) is 4.39 Å². The smallest absolute Gasteiger partial charge is 0.491 e. The van der Waals surface area contributed by atoms with Crippen LogP contribution in [-0.2, 0) is 9.31 Å². The van der Waals surface area contributed by atoms with E-state index in [1.54, 1.807) is 19.9 Å². The molecule has 0 bridgehead atoms. The quantitative estimate of drug-likeness (QED) is 0.867. The molecule has 1 heterocycles. The summed E-state index contributed by atoms with van der Waals surface area (Å²) in [5, 5.41) is 9.70. The molecule has 0 atom stereocenters. The molecule has 4 nitrogen and oxygen atoms in total. The summed E-state index contributed by atoms with van der Waals surface area (Å²) in [6.45, 7) is 11.1. The van der Waals surface area contributed by atoms with Crippen LogP contribution in [0.3, 0.4) is 0 Å². The highest BCUT2D eigenvalue weighted by molar-refractivity contribution is 6.62. The SMILES string of the molecule is CC(C)(O)COc1ccc(F)c(B2OC(C)(C)C(C)(C)O2)c1. The number of benzene rings is 1. The number of ether oxygens (including phenoxy) is 1. The molecule has 1 saturated heterocycles. The molecule has 1 aliphatic rings. The summed E-state index contributed by atoms with van der Waals surface area (Å²) in [6.07, 6.45) is 0. The van der Waals surface area contributed by atoms with Gasteiger partial charge in [-0.1, -0.05) is 0 Å². The molecule has 0 unspecified atom stereocenters. The molecule has 122 valence electrons. The summed E-state index contributed by atoms with van der Waals surface area (Å²) >= 11 is 0. The normalized spacial score (nSPS) is 20.3. The van der Waals surface area contributed by atoms with Gasteiger partial charge in [-0.05, 0) is 59.7 Å². The van der Waals surface area contributed by atoms with Gasteiger partial charge in [0.15, 0.2) is 0 Å². The number of halogens is 1. The zero-order valence-electron chi connectivity index (χ0n) is 14.1. The van der Waals surface area contributed by atoms with Crippen molar-refractivity contribution in [2.75, 3.05) is 6.61 Å². The van der Waals surface area contributed by atoms with Crippen LogP contribution in [0.5, 0.6) is 5.75 Å². The second kappa shape index (κ2) is 5.51. The van der Waals surface area contributed by atoms with Crippen molar-refractivity contribution in [2.45, 2.75) is 58.3 Å². The Labute approximate surface area is 131 Å². The lowest BCUT2D eigenvalue weighted by Gasteiger charge is -2.32. The minimum atomic E-state index is -0.959. The molecular weight excluding hydrogens is 286 g/mol. The highest BCUT2D eigenvalue weighted by Gasteiger charge is 2.52. The fourth-order valence-electron chi connectivity index (χ4n) is 2.02. The minimum absolute atomic E-state index is 0.113. The zero-order valence-corrected chi connectivity index (χ0v) is 14.1. The van der Waals surface area contributed by atoms with Gasteiger partial charge in [0.25, 0.3) is 0 Å². The average molecular weight is 310 g/mol. The molecule has 2 rings (SSSR count). The van der Waals surface area contributed by atoms with Gasteiger partial charge in [0.2, 0.25) is 0 Å². The first kappa shape index (κ1) is 17.3. The lowest BCUT2D eigenvalue weighted by atomic mass is 9.78. The fourth-order valence-corrected chi connectivity index (χ4v) is 2.02. The lowest BCUT2D eigenvalue weighted by Crippen LogP contribution is -2.41. The summed E-state index contributed by atoms with van der Waals surface area (Å²) in [4.78, 5) is 0. The number of rotatable bonds is 4. The van der Waals surface area contributed by atoms with Gasteiger partial charge in [-0.3, -0.25) is 0 Å². The monoisotopic (exact) mass is 310 g/mol. The van der Waals surface area contributed by atoms with Crippen LogP contribution in [0.15, 0.2) is 18.2 Å². The first-order valence-electron chi connectivity index (χ1n) is 7.42. The predicted molar refractivity (Wildman–Crippen MR) is 83.9 cm³/mol. The van der Waals surface area contributed by atoms with Crippen molar-refractivity contribution in [1.82, 2.24) is 0 Å². The predicted octanol–water partition coefficient (Wildman–Crippen LogP) is 2.27. The molecule has 0 aliphatic carbocycles. The molecule has 0 radical (unpaired) electrons. The summed E-state index contributed by atoms with van der Waals surface area (Å²) in [5.41, 5.74) is -1.73. The van der Waals surface area contributed by atoms with Gasteiger partial charge in [0.05, 0.1) is 16.8 Å². The molecule has 0 amide bonds. The summed E-state index contributed by atoms with van der Waals surface area (Å²) in [5.74, 6) is 0.0577. The van der Waals surface area contributed by atoms with E-state index in [-0.39, 0.29) is 6.61 Å². The molecule has 1 N–H and O–H groups in total. The van der Waals surface area contributed by atoms with Crippen molar-refractivity contribution in [3.8, 4) is 5.75 Å². The molecule has 1 aromatic carbocycles. The highest BCUT2D eigenvalue weighted by atomic mass is 19.1. The van der Waals surface area contributed by atoms with Crippen LogP contribution in [0.2, 0.25) is 0 Å². The second-order valence-corrected chi connectivity index (χ2v) is 7.37. The van der Waals surface area contributed by atoms with Crippen LogP contribution in [0.1, 0.15) is 41.5 Å². The summed E-state index contributed by atoms with van der Waals surface area (Å²) < 4.78 is 31.4. The Bertz CT molecular complexity index is 536. The molecule has 0 saturated carbocycles. The Kier molecular flexibility index (Phi) is 4.32. The van der Waals surface area contributed by atoms with Crippen LogP contribution < -0.4 is 10.2 Å². The Hall–Kier alpha value is -1.11. The van der Waals surface area contributed by atoms with Gasteiger partial charge in [-0.15, -0.1) is 0 Å². The van der Waals surface area contributed by atoms with Crippen molar-refractivity contribution >= 4 is 12.6 Å². The van der Waals surface area contributed by atoms with Crippen molar-refractivity contribution in [1.29, 1.82) is 0 Å². The van der Waals surface area contributed by atoms with Crippen molar-refractivity contribution < 1.29 is 23.5 Å². The van der Waals surface area contributed by atoms with E-state index in [1.807, 2.05) is 27.7 Å². The van der Waals surface area contributed by atoms with Crippen molar-refractivity contribution in [3.05, 3.63) is 24.0 Å². The maximum absolute atomic E-state index is 14.1. The van der Waals surface area contributed by atoms with Crippen molar-refractivity contribution in [2.24, 2.45) is 0 Å². The van der Waals surface area contributed by atoms with E-state index in [0.29, 0.717) is 11.2 Å². The second-order valence-electron chi connectivity index (χ2n) is 7.37. The first-order valence-corrected chi connectivity index (χ1v) is 7.42. The molecule has 0 aromatic heterocycles. The standard InChI is InChI=1S/C16H24BFO4/c1-14(2,19)10-20-11-7-8-13(18)12(9-11)17-21-15(3,4)16(5,6)22-17/h7-9,19H,10H2,1-6H3. The van der Waals surface area contributed by atoms with E-state index in [0.717, 1.165) is 0 Å². The Morgan fingerprint density at radius 1 is 1.18 bits per heavy atom. The van der Waals surface area contributed by atoms with Crippen molar-refractivity contribution in [3.63, 3.8) is 0 Å². The van der Waals surface area contributed by atoms with Gasteiger partial charge < -0.3 is 19.2 Å². The maximum Gasteiger partial charge on any atom is 0.497 e. The van der Waals surface area contributed by atoms with Crippen LogP contribution in [0, 0.1) is 5.82 Å². The van der Waals surface area contributed by atoms with Crippen LogP contribution in [0.25, 0.3) is 0 Å². The molecular formula is C16H24BFO4. The number of aliphatic hydroxyl groups is 1. The summed E-state index contributed by atoms with van der Waals surface area (Å²) in [7, 11) is -0.782. The third-order valence-corrected chi connectivity index (χ3v) is 4.07. The number of hydrogen-bond donors (Lipinski definition) is 1. The Morgan fingerprint density at radius 2 is 1.73 bits per heavy atom. The van der Waals surface area contributed by atoms with Gasteiger partial charge >= 0.3 is 7.12 Å². The van der Waals surface area contributed by atoms with Crippen LogP contribution >= 0.6 is 0 Å². The lowest BCUT2D eigenvalue weighted by molar-refractivity contribution is 0.00578. The Morgan fingerprint density at radius 3 is 2.23 bits per heavy atom. The van der Waals surface area contributed by atoms with E-state index in [2.05, 4.69) is 0 Å². The first-order chi connectivity index (χ1) is 9.91. The number of hydrogen-bond acceptors (Lipinski definition) is 4. The van der Waals surface area contributed by atoms with E-state index in [1.165, 1.54) is 12.1 Å². The van der Waals surface area contributed by atoms with Crippen LogP contribution in [-0.4, -0.2) is 35.6 Å². The van der Waals surface area contributed by atoms with Gasteiger partial charge in [-0.2, -0.15) is 0 Å².